The molecule has 0 aliphatic carbocycles. The Bertz CT molecular complexity index is 576. The molecule has 0 unspecified atom stereocenters. The van der Waals surface area contributed by atoms with Crippen LogP contribution in [0, 0.1) is 13.8 Å². The molecule has 1 amide bonds. The Balaban J connectivity index is 2.63. The molecule has 1 heterocycles. The maximum atomic E-state index is 11.2. The molecule has 2 N–H and O–H groups in total. The van der Waals surface area contributed by atoms with Crippen LogP contribution >= 0.6 is 0 Å². The van der Waals surface area contributed by atoms with E-state index in [4.69, 9.17) is 5.73 Å². The first-order valence-corrected chi connectivity index (χ1v) is 5.47. The van der Waals surface area contributed by atoms with E-state index in [1.165, 1.54) is 0 Å². The van der Waals surface area contributed by atoms with Gasteiger partial charge in [-0.2, -0.15) is 4.57 Å². The van der Waals surface area contributed by atoms with E-state index >= 15 is 0 Å². The molecular formula is C14H15N2O+. The number of hydrogen-bond acceptors (Lipinski definition) is 1. The zero-order chi connectivity index (χ0) is 12.4. The van der Waals surface area contributed by atoms with E-state index in [-0.39, 0.29) is 0 Å². The molecule has 17 heavy (non-hydrogen) atoms. The van der Waals surface area contributed by atoms with Crippen LogP contribution in [0.4, 0.5) is 0 Å². The van der Waals surface area contributed by atoms with Crippen LogP contribution in [0.2, 0.25) is 0 Å². The maximum Gasteiger partial charge on any atom is 0.254 e. The van der Waals surface area contributed by atoms with E-state index in [0.717, 1.165) is 16.9 Å². The second kappa shape index (κ2) is 4.37. The van der Waals surface area contributed by atoms with Gasteiger partial charge in [0.15, 0.2) is 11.9 Å². The summed E-state index contributed by atoms with van der Waals surface area (Å²) >= 11 is 0. The molecule has 2 aromatic rings. The van der Waals surface area contributed by atoms with Crippen molar-refractivity contribution in [1.82, 2.24) is 0 Å². The largest absolute Gasteiger partial charge is 0.365 e. The molecule has 0 bridgehead atoms. The molecule has 3 heteroatoms. The molecule has 0 aliphatic rings. The summed E-state index contributed by atoms with van der Waals surface area (Å²) in [4.78, 5) is 11.2. The molecule has 0 radical (unpaired) electrons. The van der Waals surface area contributed by atoms with Gasteiger partial charge in [-0.05, 0) is 13.0 Å². The number of para-hydroxylation sites is 1. The second-order valence-corrected chi connectivity index (χ2v) is 4.08. The van der Waals surface area contributed by atoms with Crippen LogP contribution in [-0.4, -0.2) is 5.91 Å². The van der Waals surface area contributed by atoms with Crippen LogP contribution in [0.1, 0.15) is 21.6 Å². The van der Waals surface area contributed by atoms with Gasteiger partial charge in [0.05, 0.1) is 0 Å². The molecule has 3 nitrogen and oxygen atoms in total. The van der Waals surface area contributed by atoms with Crippen LogP contribution in [0.15, 0.2) is 42.6 Å². The second-order valence-electron chi connectivity index (χ2n) is 4.08. The number of amides is 1. The number of rotatable bonds is 2. The van der Waals surface area contributed by atoms with Gasteiger partial charge in [-0.25, -0.2) is 0 Å². The number of benzene rings is 1. The minimum atomic E-state index is -0.410. The van der Waals surface area contributed by atoms with Gasteiger partial charge in [-0.15, -0.1) is 0 Å². The monoisotopic (exact) mass is 227 g/mol. The molecule has 0 atom stereocenters. The molecule has 1 aromatic carbocycles. The van der Waals surface area contributed by atoms with Crippen molar-refractivity contribution in [3.8, 4) is 5.69 Å². The standard InChI is InChI=1S/C14H14N2O/c1-10-5-3-4-6-13(10)16-9-12(14(15)17)8-7-11(16)2/h3-9H,1-2H3,(H-,15,17)/p+1. The molecule has 0 fully saturated rings. The van der Waals surface area contributed by atoms with Crippen LogP contribution < -0.4 is 10.3 Å². The lowest BCUT2D eigenvalue weighted by Gasteiger charge is -2.03. The number of nitrogens with two attached hydrogens (primary N) is 1. The molecule has 0 saturated heterocycles. The van der Waals surface area contributed by atoms with Gasteiger partial charge in [0.1, 0.15) is 5.56 Å². The topological polar surface area (TPSA) is 47.0 Å². The van der Waals surface area contributed by atoms with E-state index in [1.807, 2.05) is 48.7 Å². The average Bonchev–Trinajstić information content (AvgIpc) is 2.30. The number of pyridine rings is 1. The lowest BCUT2D eigenvalue weighted by molar-refractivity contribution is -0.603. The van der Waals surface area contributed by atoms with Crippen molar-refractivity contribution in [2.75, 3.05) is 0 Å². The summed E-state index contributed by atoms with van der Waals surface area (Å²) in [6.45, 7) is 4.04. The Labute approximate surface area is 101 Å². The van der Waals surface area contributed by atoms with Gasteiger partial charge in [-0.3, -0.25) is 4.79 Å². The number of carbonyl (C=O) groups excluding carboxylic acids is 1. The molecule has 0 spiro atoms. The average molecular weight is 227 g/mol. The van der Waals surface area contributed by atoms with Gasteiger partial charge >= 0.3 is 0 Å². The van der Waals surface area contributed by atoms with Gasteiger partial charge in [0, 0.05) is 24.6 Å². The first-order chi connectivity index (χ1) is 8.09. The zero-order valence-corrected chi connectivity index (χ0v) is 9.97. The molecule has 0 saturated carbocycles. The number of hydrogen-bond donors (Lipinski definition) is 1. The summed E-state index contributed by atoms with van der Waals surface area (Å²) < 4.78 is 1.98. The minimum Gasteiger partial charge on any atom is -0.365 e. The maximum absolute atomic E-state index is 11.2. The Morgan fingerprint density at radius 2 is 1.82 bits per heavy atom. The minimum absolute atomic E-state index is 0.410. The van der Waals surface area contributed by atoms with Gasteiger partial charge < -0.3 is 5.73 Å². The van der Waals surface area contributed by atoms with Crippen molar-refractivity contribution in [2.24, 2.45) is 5.73 Å². The predicted octanol–water partition coefficient (Wildman–Crippen LogP) is 1.68. The first-order valence-electron chi connectivity index (χ1n) is 5.47. The lowest BCUT2D eigenvalue weighted by atomic mass is 10.1. The fourth-order valence-corrected chi connectivity index (χ4v) is 1.81. The molecule has 0 aliphatic heterocycles. The van der Waals surface area contributed by atoms with Crippen molar-refractivity contribution in [3.63, 3.8) is 0 Å². The Kier molecular flexibility index (Phi) is 2.91. The lowest BCUT2D eigenvalue weighted by Crippen LogP contribution is -2.36. The van der Waals surface area contributed by atoms with Crippen molar-refractivity contribution < 1.29 is 9.36 Å². The molecular weight excluding hydrogens is 212 g/mol. The summed E-state index contributed by atoms with van der Waals surface area (Å²) in [6.07, 6.45) is 1.78. The Morgan fingerprint density at radius 3 is 2.47 bits per heavy atom. The number of carbonyl (C=O) groups is 1. The third-order valence-corrected chi connectivity index (χ3v) is 2.81. The van der Waals surface area contributed by atoms with E-state index in [0.29, 0.717) is 5.56 Å². The molecule has 2 rings (SSSR count). The highest BCUT2D eigenvalue weighted by Gasteiger charge is 2.15. The van der Waals surface area contributed by atoms with E-state index in [2.05, 4.69) is 0 Å². The van der Waals surface area contributed by atoms with Crippen molar-refractivity contribution >= 4 is 5.91 Å². The Morgan fingerprint density at radius 1 is 1.12 bits per heavy atom. The number of aryl methyl sites for hydroxylation is 2. The smallest absolute Gasteiger partial charge is 0.254 e. The summed E-state index contributed by atoms with van der Waals surface area (Å²) in [5.41, 5.74) is 9.09. The summed E-state index contributed by atoms with van der Waals surface area (Å²) in [7, 11) is 0. The number of aromatic nitrogens is 1. The van der Waals surface area contributed by atoms with Crippen molar-refractivity contribution in [1.29, 1.82) is 0 Å². The van der Waals surface area contributed by atoms with Gasteiger partial charge in [0.25, 0.3) is 5.91 Å². The third-order valence-electron chi connectivity index (χ3n) is 2.81. The highest BCUT2D eigenvalue weighted by molar-refractivity contribution is 5.92. The summed E-state index contributed by atoms with van der Waals surface area (Å²) in [5.74, 6) is -0.410. The van der Waals surface area contributed by atoms with Crippen LogP contribution in [0.3, 0.4) is 0 Å². The predicted molar refractivity (Wildman–Crippen MR) is 66.0 cm³/mol. The fourth-order valence-electron chi connectivity index (χ4n) is 1.81. The first kappa shape index (κ1) is 11.3. The summed E-state index contributed by atoms with van der Waals surface area (Å²) in [5, 5.41) is 0. The number of primary amides is 1. The SMILES string of the molecule is Cc1ccccc1-[n+]1cc(C(N)=O)ccc1C. The van der Waals surface area contributed by atoms with Crippen LogP contribution in [0.25, 0.3) is 5.69 Å². The fraction of sp³-hybridized carbons (Fsp3) is 0.143. The molecule has 86 valence electrons. The quantitative estimate of drug-likeness (QED) is 0.779. The normalized spacial score (nSPS) is 10.2. The number of nitrogens with zero attached hydrogens (tertiary/aromatic N) is 1. The van der Waals surface area contributed by atoms with E-state index in [9.17, 15) is 4.79 Å². The highest BCUT2D eigenvalue weighted by Crippen LogP contribution is 2.08. The van der Waals surface area contributed by atoms with Crippen LogP contribution in [0.5, 0.6) is 0 Å². The van der Waals surface area contributed by atoms with Crippen LogP contribution in [-0.2, 0) is 0 Å². The third kappa shape index (κ3) is 2.18. The van der Waals surface area contributed by atoms with Gasteiger partial charge in [-0.1, -0.05) is 18.2 Å². The summed E-state index contributed by atoms with van der Waals surface area (Å²) in [6, 6.07) is 11.7. The highest BCUT2D eigenvalue weighted by atomic mass is 16.1. The van der Waals surface area contributed by atoms with Gasteiger partial charge in [0.2, 0.25) is 5.69 Å². The van der Waals surface area contributed by atoms with E-state index < -0.39 is 5.91 Å². The van der Waals surface area contributed by atoms with Crippen molar-refractivity contribution in [3.05, 3.63) is 59.4 Å². The Hall–Kier alpha value is -2.16. The van der Waals surface area contributed by atoms with Crippen molar-refractivity contribution in [2.45, 2.75) is 13.8 Å². The van der Waals surface area contributed by atoms with E-state index in [1.54, 1.807) is 12.3 Å². The molecule has 1 aromatic heterocycles. The zero-order valence-electron chi connectivity index (χ0n) is 9.97.